The predicted octanol–water partition coefficient (Wildman–Crippen LogP) is 15.2. The van der Waals surface area contributed by atoms with E-state index in [0.717, 1.165) is 33.9 Å². The second-order valence-corrected chi connectivity index (χ2v) is 17.8. The van der Waals surface area contributed by atoms with Crippen molar-refractivity contribution in [3.8, 4) is 67.3 Å². The first-order valence-corrected chi connectivity index (χ1v) is 21.1. The van der Waals surface area contributed by atoms with Crippen LogP contribution in [0.25, 0.3) is 99.6 Å². The van der Waals surface area contributed by atoms with Crippen molar-refractivity contribution in [2.45, 2.75) is 38.5 Å². The number of benzene rings is 9. The van der Waals surface area contributed by atoms with Gasteiger partial charge in [0.05, 0.1) is 11.4 Å². The lowest BCUT2D eigenvalue weighted by molar-refractivity contribution is 0.661. The van der Waals surface area contributed by atoms with Crippen LogP contribution < -0.4 is 0 Å². The zero-order valence-electron chi connectivity index (χ0n) is 34.2. The van der Waals surface area contributed by atoms with Crippen molar-refractivity contribution in [1.29, 1.82) is 0 Å². The second kappa shape index (κ2) is 12.7. The molecule has 0 saturated heterocycles. The van der Waals surface area contributed by atoms with Crippen molar-refractivity contribution in [2.75, 3.05) is 0 Å². The molecule has 60 heavy (non-hydrogen) atoms. The van der Waals surface area contributed by atoms with Gasteiger partial charge in [-0.1, -0.05) is 173 Å². The average Bonchev–Trinajstić information content (AvgIpc) is 3.66. The molecular weight excluding hydrogens is 725 g/mol. The van der Waals surface area contributed by atoms with Gasteiger partial charge in [-0.25, -0.2) is 9.97 Å². The van der Waals surface area contributed by atoms with Gasteiger partial charge in [-0.15, -0.1) is 0 Å². The van der Waals surface area contributed by atoms with Crippen LogP contribution in [0.1, 0.15) is 49.9 Å². The van der Waals surface area contributed by atoms with E-state index in [4.69, 9.17) is 9.97 Å². The molecule has 0 amide bonds. The molecule has 0 spiro atoms. The first kappa shape index (κ1) is 34.8. The summed E-state index contributed by atoms with van der Waals surface area (Å²) in [4.78, 5) is 10.6. The monoisotopic (exact) mass is 766 g/mol. The maximum atomic E-state index is 5.33. The van der Waals surface area contributed by atoms with Crippen LogP contribution in [0.3, 0.4) is 0 Å². The summed E-state index contributed by atoms with van der Waals surface area (Å²) in [7, 11) is 0. The number of rotatable bonds is 4. The van der Waals surface area contributed by atoms with E-state index in [1.54, 1.807) is 0 Å². The molecule has 0 fully saturated rings. The molecule has 12 rings (SSSR count). The Morgan fingerprint density at radius 3 is 1.73 bits per heavy atom. The van der Waals surface area contributed by atoms with Crippen LogP contribution in [-0.2, 0) is 10.8 Å². The number of aromatic nitrogens is 2. The highest BCUT2D eigenvalue weighted by molar-refractivity contribution is 6.10. The molecule has 2 heteroatoms. The Bertz CT molecular complexity index is 3430. The predicted molar refractivity (Wildman–Crippen MR) is 251 cm³/mol. The van der Waals surface area contributed by atoms with Crippen LogP contribution in [0.2, 0.25) is 0 Å². The maximum Gasteiger partial charge on any atom is 0.160 e. The molecule has 2 aliphatic carbocycles. The van der Waals surface area contributed by atoms with E-state index < -0.39 is 0 Å². The molecule has 10 aromatic rings. The Balaban J connectivity index is 1.000. The molecule has 0 unspecified atom stereocenters. The van der Waals surface area contributed by atoms with Crippen molar-refractivity contribution in [3.05, 3.63) is 204 Å². The van der Waals surface area contributed by atoms with Gasteiger partial charge in [0.15, 0.2) is 5.82 Å². The summed E-state index contributed by atoms with van der Waals surface area (Å²) in [6.45, 7) is 9.44. The van der Waals surface area contributed by atoms with Gasteiger partial charge in [-0.05, 0) is 124 Å². The molecule has 284 valence electrons. The van der Waals surface area contributed by atoms with E-state index in [1.807, 2.05) is 6.07 Å². The third-order valence-electron chi connectivity index (χ3n) is 13.6. The van der Waals surface area contributed by atoms with E-state index in [9.17, 15) is 0 Å². The lowest BCUT2D eigenvalue weighted by atomic mass is 9.80. The van der Waals surface area contributed by atoms with Gasteiger partial charge in [-0.2, -0.15) is 0 Å². The van der Waals surface area contributed by atoms with Crippen LogP contribution in [0, 0.1) is 0 Å². The highest BCUT2D eigenvalue weighted by atomic mass is 14.9. The molecule has 1 aromatic heterocycles. The Morgan fingerprint density at radius 1 is 0.317 bits per heavy atom. The van der Waals surface area contributed by atoms with Crippen LogP contribution in [0.4, 0.5) is 0 Å². The molecule has 2 aliphatic rings. The van der Waals surface area contributed by atoms with Gasteiger partial charge in [0, 0.05) is 27.5 Å². The molecule has 0 radical (unpaired) electrons. The third-order valence-corrected chi connectivity index (χ3v) is 13.6. The van der Waals surface area contributed by atoms with E-state index in [2.05, 4.69) is 204 Å². The highest BCUT2D eigenvalue weighted by Gasteiger charge is 2.38. The van der Waals surface area contributed by atoms with Crippen molar-refractivity contribution in [1.82, 2.24) is 9.97 Å². The molecule has 0 atom stereocenters. The summed E-state index contributed by atoms with van der Waals surface area (Å²) in [6.07, 6.45) is 0. The average molecular weight is 767 g/mol. The van der Waals surface area contributed by atoms with Gasteiger partial charge in [0.25, 0.3) is 0 Å². The number of hydrogen-bond donors (Lipinski definition) is 0. The Kier molecular flexibility index (Phi) is 7.36. The normalized spacial score (nSPS) is 14.3. The lowest BCUT2D eigenvalue weighted by Gasteiger charge is -2.23. The molecule has 0 bridgehead atoms. The van der Waals surface area contributed by atoms with Crippen molar-refractivity contribution in [2.24, 2.45) is 0 Å². The molecule has 1 heterocycles. The minimum atomic E-state index is -0.146. The lowest BCUT2D eigenvalue weighted by Crippen LogP contribution is -2.15. The fourth-order valence-electron chi connectivity index (χ4n) is 10.5. The van der Waals surface area contributed by atoms with Crippen molar-refractivity contribution in [3.63, 3.8) is 0 Å². The van der Waals surface area contributed by atoms with E-state index in [1.165, 1.54) is 88.0 Å². The summed E-state index contributed by atoms with van der Waals surface area (Å²) in [5.74, 6) is 0.723. The largest absolute Gasteiger partial charge is 0.228 e. The van der Waals surface area contributed by atoms with E-state index in [0.29, 0.717) is 0 Å². The maximum absolute atomic E-state index is 5.33. The van der Waals surface area contributed by atoms with E-state index in [-0.39, 0.29) is 10.8 Å². The summed E-state index contributed by atoms with van der Waals surface area (Å²) in [5.41, 5.74) is 18.1. The smallest absolute Gasteiger partial charge is 0.160 e. The minimum absolute atomic E-state index is 0.0841. The summed E-state index contributed by atoms with van der Waals surface area (Å²) < 4.78 is 0. The van der Waals surface area contributed by atoms with E-state index >= 15 is 0 Å². The summed E-state index contributed by atoms with van der Waals surface area (Å²) in [5, 5.41) is 7.51. The number of fused-ring (bicyclic) bond motifs is 10. The Hall–Kier alpha value is -7.16. The molecular formula is C58H42N2. The minimum Gasteiger partial charge on any atom is -0.228 e. The molecule has 2 nitrogen and oxygen atoms in total. The fraction of sp³-hybridized carbons (Fsp3) is 0.103. The zero-order chi connectivity index (χ0) is 40.3. The SMILES string of the molecule is CC1(C)c2cc3ccccc3cc2-c2c(-c3cc(-c4ccc5cc(-c6cc7c(c8ccccc68)-c6ccccc6C7(C)C)ccc5c4)nc(-c4ccccc4)n3)cccc21. The fourth-order valence-corrected chi connectivity index (χ4v) is 10.5. The first-order valence-electron chi connectivity index (χ1n) is 21.1. The quantitative estimate of drug-likeness (QED) is 0.178. The number of hydrogen-bond acceptors (Lipinski definition) is 2. The highest BCUT2D eigenvalue weighted by Crippen LogP contribution is 2.55. The zero-order valence-corrected chi connectivity index (χ0v) is 34.2. The molecule has 0 N–H and O–H groups in total. The topological polar surface area (TPSA) is 25.8 Å². The standard InChI is InChI=1S/C58H42N2/c1-57(2)48-23-13-12-21-44(48)54-43-20-11-10-19-42(43)46(33-51(54)57)40-27-25-39-30-41(28-26-38(39)29-40)52-34-53(60-56(59-52)35-15-6-5-7-16-35)45-22-14-24-49-55(45)47-31-36-17-8-9-18-37(36)32-50(47)58(49,3)4/h5-34H,1-4H3. The second-order valence-electron chi connectivity index (χ2n) is 17.8. The van der Waals surface area contributed by atoms with Crippen LogP contribution >= 0.6 is 0 Å². The molecule has 0 aliphatic heterocycles. The van der Waals surface area contributed by atoms with Crippen LogP contribution in [0.5, 0.6) is 0 Å². The van der Waals surface area contributed by atoms with Crippen molar-refractivity contribution < 1.29 is 0 Å². The Labute approximate surface area is 350 Å². The van der Waals surface area contributed by atoms with Gasteiger partial charge in [-0.3, -0.25) is 0 Å². The molecule has 9 aromatic carbocycles. The van der Waals surface area contributed by atoms with Crippen LogP contribution in [0.15, 0.2) is 182 Å². The van der Waals surface area contributed by atoms with Gasteiger partial charge < -0.3 is 0 Å². The van der Waals surface area contributed by atoms with Crippen LogP contribution in [-0.4, -0.2) is 9.97 Å². The van der Waals surface area contributed by atoms with Gasteiger partial charge >= 0.3 is 0 Å². The van der Waals surface area contributed by atoms with Gasteiger partial charge in [0.2, 0.25) is 0 Å². The van der Waals surface area contributed by atoms with Crippen molar-refractivity contribution >= 4 is 32.3 Å². The Morgan fingerprint density at radius 2 is 0.917 bits per heavy atom. The number of nitrogens with zero attached hydrogens (tertiary/aromatic N) is 2. The third kappa shape index (κ3) is 5.07. The molecule has 0 saturated carbocycles. The first-order chi connectivity index (χ1) is 29.2. The summed E-state index contributed by atoms with van der Waals surface area (Å²) >= 11 is 0. The summed E-state index contributed by atoms with van der Waals surface area (Å²) in [6, 6.07) is 66.8. The van der Waals surface area contributed by atoms with Gasteiger partial charge in [0.1, 0.15) is 0 Å².